The second-order valence-corrected chi connectivity index (χ2v) is 12.7. The van der Waals surface area contributed by atoms with Crippen molar-refractivity contribution in [2.24, 2.45) is 18.9 Å². The minimum Gasteiger partial charge on any atom is -0.321 e. The molecular formula is C31H40N6O. The van der Waals surface area contributed by atoms with Crippen molar-refractivity contribution in [3.8, 4) is 0 Å². The molecule has 3 aliphatic rings. The van der Waals surface area contributed by atoms with E-state index in [9.17, 15) is 4.79 Å². The molecule has 1 amide bonds. The molecule has 0 unspecified atom stereocenters. The van der Waals surface area contributed by atoms with Crippen molar-refractivity contribution in [3.05, 3.63) is 70.6 Å². The summed E-state index contributed by atoms with van der Waals surface area (Å²) in [6.07, 6.45) is 9.94. The smallest absolute Gasteiger partial charge is 0.274 e. The lowest BCUT2D eigenvalue weighted by molar-refractivity contribution is 0.102. The highest BCUT2D eigenvalue weighted by atomic mass is 16.1. The van der Waals surface area contributed by atoms with Crippen LogP contribution in [0.15, 0.2) is 36.7 Å². The largest absolute Gasteiger partial charge is 0.321 e. The molecule has 7 nitrogen and oxygen atoms in total. The van der Waals surface area contributed by atoms with Gasteiger partial charge in [0.15, 0.2) is 0 Å². The van der Waals surface area contributed by atoms with Gasteiger partial charge in [-0.1, -0.05) is 39.3 Å². The first-order chi connectivity index (χ1) is 18.2. The minimum atomic E-state index is -0.166. The van der Waals surface area contributed by atoms with Crippen molar-refractivity contribution >= 4 is 11.6 Å². The third-order valence-electron chi connectivity index (χ3n) is 9.27. The van der Waals surface area contributed by atoms with Crippen molar-refractivity contribution in [2.75, 3.05) is 11.9 Å². The highest BCUT2D eigenvalue weighted by Gasteiger charge is 2.48. The molecule has 2 heterocycles. The topological polar surface area (TPSA) is 84.7 Å². The Kier molecular flexibility index (Phi) is 6.37. The van der Waals surface area contributed by atoms with Crippen LogP contribution in [0.2, 0.25) is 0 Å². The maximum atomic E-state index is 13.6. The number of aryl methyl sites for hydroxylation is 1. The Labute approximate surface area is 225 Å². The van der Waals surface area contributed by atoms with Gasteiger partial charge in [0.2, 0.25) is 0 Å². The van der Waals surface area contributed by atoms with Gasteiger partial charge in [-0.2, -0.15) is 0 Å². The molecule has 2 aromatic heterocycles. The number of carbonyl (C=O) groups excluding carboxylic acids is 1. The van der Waals surface area contributed by atoms with E-state index in [1.807, 2.05) is 29.8 Å². The first-order valence-corrected chi connectivity index (χ1v) is 14.3. The van der Waals surface area contributed by atoms with E-state index in [-0.39, 0.29) is 16.7 Å². The number of hydrogen-bond donors (Lipinski definition) is 2. The third kappa shape index (κ3) is 4.45. The summed E-state index contributed by atoms with van der Waals surface area (Å²) in [7, 11) is 2.01. The fourth-order valence-electron chi connectivity index (χ4n) is 6.88. The highest BCUT2D eigenvalue weighted by Crippen LogP contribution is 2.51. The zero-order chi connectivity index (χ0) is 26.5. The van der Waals surface area contributed by atoms with E-state index in [2.05, 4.69) is 53.7 Å². The van der Waals surface area contributed by atoms with Gasteiger partial charge in [-0.3, -0.25) is 4.79 Å². The molecule has 0 atom stereocenters. The normalized spacial score (nSPS) is 23.9. The SMILES string of the molecule is CC1CC(c2cccc(NC(=O)c3cc(CNCC4CCC4)c4c(n3)C(C)(C)CC4)c2)(c2nncn2C)C1. The molecule has 200 valence electrons. The molecule has 0 bridgehead atoms. The monoisotopic (exact) mass is 512 g/mol. The minimum absolute atomic E-state index is 0.0162. The van der Waals surface area contributed by atoms with E-state index >= 15 is 0 Å². The molecule has 1 aromatic carbocycles. The molecule has 0 aliphatic heterocycles. The number of nitrogens with zero attached hydrogens (tertiary/aromatic N) is 4. The highest BCUT2D eigenvalue weighted by molar-refractivity contribution is 6.03. The first kappa shape index (κ1) is 25.2. The number of amides is 1. The lowest BCUT2D eigenvalue weighted by Gasteiger charge is -2.46. The second-order valence-electron chi connectivity index (χ2n) is 12.7. The standard InChI is InChI=1S/C31H40N6O/c1-20-15-31(16-20,29-36-33-19-37(29)4)23-9-6-10-24(14-23)34-28(38)26-13-22(18-32-17-21-7-5-8-21)25-11-12-30(2,3)27(25)35-26/h6,9-10,13-14,19-21,32H,5,7-8,11-12,15-18H2,1-4H3,(H,34,38). The van der Waals surface area contributed by atoms with Crippen LogP contribution < -0.4 is 10.6 Å². The van der Waals surface area contributed by atoms with Crippen LogP contribution in [0.25, 0.3) is 0 Å². The fourth-order valence-corrected chi connectivity index (χ4v) is 6.88. The Bertz CT molecular complexity index is 1350. The predicted octanol–water partition coefficient (Wildman–Crippen LogP) is 5.29. The van der Waals surface area contributed by atoms with Crippen LogP contribution in [0, 0.1) is 11.8 Å². The molecule has 6 rings (SSSR count). The number of pyridine rings is 1. The van der Waals surface area contributed by atoms with Gasteiger partial charge in [0.1, 0.15) is 17.8 Å². The number of carbonyl (C=O) groups is 1. The fraction of sp³-hybridized carbons (Fsp3) is 0.548. The van der Waals surface area contributed by atoms with E-state index in [1.54, 1.807) is 6.33 Å². The number of aromatic nitrogens is 4. The Morgan fingerprint density at radius 3 is 2.68 bits per heavy atom. The van der Waals surface area contributed by atoms with Gasteiger partial charge >= 0.3 is 0 Å². The lowest BCUT2D eigenvalue weighted by atomic mass is 9.58. The summed E-state index contributed by atoms with van der Waals surface area (Å²) in [4.78, 5) is 18.5. The molecule has 3 aromatic rings. The number of fused-ring (bicyclic) bond motifs is 1. The number of hydrogen-bond acceptors (Lipinski definition) is 5. The second kappa shape index (κ2) is 9.60. The van der Waals surface area contributed by atoms with Gasteiger partial charge < -0.3 is 15.2 Å². The van der Waals surface area contributed by atoms with Crippen molar-refractivity contribution < 1.29 is 4.79 Å². The van der Waals surface area contributed by atoms with Gasteiger partial charge in [0.05, 0.1) is 11.1 Å². The Morgan fingerprint density at radius 1 is 1.18 bits per heavy atom. The Hall–Kier alpha value is -3.06. The van der Waals surface area contributed by atoms with Crippen LogP contribution in [0.4, 0.5) is 5.69 Å². The number of benzene rings is 1. The van der Waals surface area contributed by atoms with Gasteiger partial charge in [-0.25, -0.2) is 4.98 Å². The average Bonchev–Trinajstić information content (AvgIpc) is 3.41. The molecule has 2 saturated carbocycles. The van der Waals surface area contributed by atoms with Crippen LogP contribution in [-0.2, 0) is 30.8 Å². The van der Waals surface area contributed by atoms with Gasteiger partial charge in [-0.15, -0.1) is 10.2 Å². The summed E-state index contributed by atoms with van der Waals surface area (Å²) in [6.45, 7) is 8.62. The molecule has 38 heavy (non-hydrogen) atoms. The molecule has 2 fully saturated rings. The predicted molar refractivity (Wildman–Crippen MR) is 149 cm³/mol. The Morgan fingerprint density at radius 2 is 2.00 bits per heavy atom. The number of nitrogens with one attached hydrogen (secondary N) is 2. The van der Waals surface area contributed by atoms with Crippen LogP contribution in [0.1, 0.15) is 98.0 Å². The molecule has 0 saturated heterocycles. The summed E-state index contributed by atoms with van der Waals surface area (Å²) in [5.74, 6) is 2.27. The molecule has 0 radical (unpaired) electrons. The number of rotatable bonds is 8. The van der Waals surface area contributed by atoms with Gasteiger partial charge in [0.25, 0.3) is 5.91 Å². The average molecular weight is 513 g/mol. The van der Waals surface area contributed by atoms with Crippen LogP contribution in [-0.4, -0.2) is 32.2 Å². The molecular weight excluding hydrogens is 472 g/mol. The van der Waals surface area contributed by atoms with Crippen LogP contribution in [0.3, 0.4) is 0 Å². The molecule has 7 heteroatoms. The van der Waals surface area contributed by atoms with E-state index in [1.165, 1.54) is 36.0 Å². The quantitative estimate of drug-likeness (QED) is 0.428. The third-order valence-corrected chi connectivity index (χ3v) is 9.27. The van der Waals surface area contributed by atoms with Crippen molar-refractivity contribution in [1.29, 1.82) is 0 Å². The molecule has 2 N–H and O–H groups in total. The molecule has 3 aliphatic carbocycles. The summed E-state index contributed by atoms with van der Waals surface area (Å²) >= 11 is 0. The van der Waals surface area contributed by atoms with E-state index in [4.69, 9.17) is 4.98 Å². The van der Waals surface area contributed by atoms with E-state index in [0.29, 0.717) is 11.6 Å². The van der Waals surface area contributed by atoms with Crippen molar-refractivity contribution in [3.63, 3.8) is 0 Å². The van der Waals surface area contributed by atoms with Crippen LogP contribution >= 0.6 is 0 Å². The first-order valence-electron chi connectivity index (χ1n) is 14.3. The van der Waals surface area contributed by atoms with Gasteiger partial charge in [0, 0.05) is 24.7 Å². The zero-order valence-corrected chi connectivity index (χ0v) is 23.2. The number of anilines is 1. The summed E-state index contributed by atoms with van der Waals surface area (Å²) in [6, 6.07) is 10.3. The summed E-state index contributed by atoms with van der Waals surface area (Å²) < 4.78 is 2.02. The van der Waals surface area contributed by atoms with Crippen molar-refractivity contribution in [2.45, 2.75) is 83.1 Å². The maximum Gasteiger partial charge on any atom is 0.274 e. The Balaban J connectivity index is 1.25. The van der Waals surface area contributed by atoms with E-state index in [0.717, 1.165) is 61.9 Å². The lowest BCUT2D eigenvalue weighted by Crippen LogP contribution is -2.43. The summed E-state index contributed by atoms with van der Waals surface area (Å²) in [5.41, 5.74) is 5.93. The van der Waals surface area contributed by atoms with Gasteiger partial charge in [-0.05, 0) is 91.8 Å². The maximum absolute atomic E-state index is 13.6. The van der Waals surface area contributed by atoms with Crippen molar-refractivity contribution in [1.82, 2.24) is 25.1 Å². The molecule has 0 spiro atoms. The van der Waals surface area contributed by atoms with E-state index < -0.39 is 0 Å². The summed E-state index contributed by atoms with van der Waals surface area (Å²) in [5, 5.41) is 15.4. The zero-order valence-electron chi connectivity index (χ0n) is 23.2. The van der Waals surface area contributed by atoms with Crippen LogP contribution in [0.5, 0.6) is 0 Å².